The average Bonchev–Trinajstić information content (AvgIpc) is 2.56. The first-order chi connectivity index (χ1) is 11.4. The lowest BCUT2D eigenvalue weighted by Gasteiger charge is -2.29. The van der Waals surface area contributed by atoms with Crippen molar-refractivity contribution in [3.63, 3.8) is 0 Å². The summed E-state index contributed by atoms with van der Waals surface area (Å²) >= 11 is 0. The molecule has 0 bridgehead atoms. The van der Waals surface area contributed by atoms with Gasteiger partial charge in [-0.1, -0.05) is 19.1 Å². The van der Waals surface area contributed by atoms with Gasteiger partial charge in [-0.3, -0.25) is 14.9 Å². The molecule has 0 spiro atoms. The molecule has 2 aromatic rings. The average molecular weight is 339 g/mol. The molecular weight excluding hydrogens is 319 g/mol. The molecule has 0 amide bonds. The molecule has 130 valence electrons. The molecule has 2 heterocycles. The lowest BCUT2D eigenvalue weighted by Crippen LogP contribution is -2.36. The van der Waals surface area contributed by atoms with Crippen LogP contribution in [0.15, 0.2) is 42.9 Å². The Morgan fingerprint density at radius 1 is 1.12 bits per heavy atom. The normalized spacial score (nSPS) is 13.2. The molecule has 2 aromatic heterocycles. The Bertz CT molecular complexity index is 613. The van der Waals surface area contributed by atoms with Gasteiger partial charge in [-0.2, -0.15) is 13.2 Å². The quantitative estimate of drug-likeness (QED) is 0.841. The van der Waals surface area contributed by atoms with Gasteiger partial charge >= 0.3 is 6.18 Å². The Morgan fingerprint density at radius 3 is 2.29 bits per heavy atom. The number of hydrogen-bond donors (Lipinski definition) is 1. The second-order valence-corrected chi connectivity index (χ2v) is 5.56. The summed E-state index contributed by atoms with van der Waals surface area (Å²) in [6, 6.07) is 6.07. The SMILES string of the molecule is CC[C@H](CO)N(Cc1cccnc1)Cc1ccc(C(F)(F)F)nc1. The van der Waals surface area contributed by atoms with Gasteiger partial charge in [-0.25, -0.2) is 0 Å². The largest absolute Gasteiger partial charge is 0.433 e. The predicted molar refractivity (Wildman–Crippen MR) is 83.9 cm³/mol. The Balaban J connectivity index is 2.15. The van der Waals surface area contributed by atoms with Crippen LogP contribution in [-0.4, -0.2) is 32.6 Å². The molecule has 0 saturated heterocycles. The first-order valence-electron chi connectivity index (χ1n) is 7.70. The lowest BCUT2D eigenvalue weighted by molar-refractivity contribution is -0.141. The Hall–Kier alpha value is -1.99. The summed E-state index contributed by atoms with van der Waals surface area (Å²) in [4.78, 5) is 9.58. The van der Waals surface area contributed by atoms with Crippen molar-refractivity contribution in [2.45, 2.75) is 38.7 Å². The van der Waals surface area contributed by atoms with E-state index >= 15 is 0 Å². The number of hydrogen-bond acceptors (Lipinski definition) is 4. The number of aromatic nitrogens is 2. The van der Waals surface area contributed by atoms with E-state index in [1.54, 1.807) is 12.4 Å². The minimum Gasteiger partial charge on any atom is -0.395 e. The van der Waals surface area contributed by atoms with Crippen LogP contribution in [0.25, 0.3) is 0 Å². The van der Waals surface area contributed by atoms with Crippen molar-refractivity contribution in [2.75, 3.05) is 6.61 Å². The summed E-state index contributed by atoms with van der Waals surface area (Å²) in [6.07, 6.45) is 0.942. The fourth-order valence-corrected chi connectivity index (χ4v) is 2.46. The Labute approximate surface area is 139 Å². The third kappa shape index (κ3) is 5.01. The standard InChI is InChI=1S/C17H20F3N3O/c1-2-15(12-24)23(10-13-4-3-7-21-8-13)11-14-5-6-16(22-9-14)17(18,19)20/h3-9,15,24H,2,10-12H2,1H3/t15-/m1/s1. The van der Waals surface area contributed by atoms with Crippen LogP contribution in [0.5, 0.6) is 0 Å². The van der Waals surface area contributed by atoms with Gasteiger partial charge in [0, 0.05) is 37.7 Å². The van der Waals surface area contributed by atoms with Gasteiger partial charge in [0.2, 0.25) is 0 Å². The molecule has 7 heteroatoms. The number of alkyl halides is 3. The highest BCUT2D eigenvalue weighted by Gasteiger charge is 2.32. The van der Waals surface area contributed by atoms with E-state index in [0.717, 1.165) is 18.1 Å². The first-order valence-corrected chi connectivity index (χ1v) is 7.70. The van der Waals surface area contributed by atoms with Crippen LogP contribution in [0.1, 0.15) is 30.2 Å². The first kappa shape index (κ1) is 18.4. The van der Waals surface area contributed by atoms with Gasteiger partial charge in [0.1, 0.15) is 5.69 Å². The molecule has 0 fully saturated rings. The van der Waals surface area contributed by atoms with Crippen LogP contribution >= 0.6 is 0 Å². The Kier molecular flexibility index (Phi) is 6.28. The van der Waals surface area contributed by atoms with Crippen molar-refractivity contribution in [3.05, 3.63) is 59.7 Å². The van der Waals surface area contributed by atoms with Crippen molar-refractivity contribution in [1.29, 1.82) is 0 Å². The van der Waals surface area contributed by atoms with E-state index in [-0.39, 0.29) is 12.6 Å². The summed E-state index contributed by atoms with van der Waals surface area (Å²) in [5, 5.41) is 9.58. The number of halogens is 3. The molecule has 24 heavy (non-hydrogen) atoms. The van der Waals surface area contributed by atoms with Gasteiger partial charge in [0.25, 0.3) is 0 Å². The molecule has 0 radical (unpaired) electrons. The molecule has 1 atom stereocenters. The zero-order valence-electron chi connectivity index (χ0n) is 13.4. The second kappa shape index (κ2) is 8.21. The predicted octanol–water partition coefficient (Wildman–Crippen LogP) is 3.27. The molecule has 0 saturated carbocycles. The minimum absolute atomic E-state index is 0.0230. The monoisotopic (exact) mass is 339 g/mol. The zero-order chi connectivity index (χ0) is 17.6. The van der Waals surface area contributed by atoms with Crippen LogP contribution in [-0.2, 0) is 19.3 Å². The van der Waals surface area contributed by atoms with Crippen LogP contribution < -0.4 is 0 Å². The van der Waals surface area contributed by atoms with Crippen LogP contribution in [0.3, 0.4) is 0 Å². The highest BCUT2D eigenvalue weighted by molar-refractivity contribution is 5.16. The van der Waals surface area contributed by atoms with E-state index < -0.39 is 11.9 Å². The zero-order valence-corrected chi connectivity index (χ0v) is 13.4. The van der Waals surface area contributed by atoms with Gasteiger partial charge in [0.05, 0.1) is 6.61 Å². The van der Waals surface area contributed by atoms with Crippen molar-refractivity contribution in [2.24, 2.45) is 0 Å². The maximum atomic E-state index is 12.6. The van der Waals surface area contributed by atoms with Crippen molar-refractivity contribution in [1.82, 2.24) is 14.9 Å². The summed E-state index contributed by atoms with van der Waals surface area (Å²) < 4.78 is 37.8. The summed E-state index contributed by atoms with van der Waals surface area (Å²) in [6.45, 7) is 2.89. The fraction of sp³-hybridized carbons (Fsp3) is 0.412. The van der Waals surface area contributed by atoms with Gasteiger partial charge < -0.3 is 5.11 Å². The molecule has 0 aliphatic rings. The van der Waals surface area contributed by atoms with E-state index in [0.29, 0.717) is 18.7 Å². The highest BCUT2D eigenvalue weighted by atomic mass is 19.4. The number of aliphatic hydroxyl groups excluding tert-OH is 1. The van der Waals surface area contributed by atoms with E-state index in [1.807, 2.05) is 24.0 Å². The summed E-state index contributed by atoms with van der Waals surface area (Å²) in [5.74, 6) is 0. The lowest BCUT2D eigenvalue weighted by atomic mass is 10.1. The highest BCUT2D eigenvalue weighted by Crippen LogP contribution is 2.27. The van der Waals surface area contributed by atoms with Crippen molar-refractivity contribution < 1.29 is 18.3 Å². The molecule has 1 N–H and O–H groups in total. The van der Waals surface area contributed by atoms with Crippen LogP contribution in [0.4, 0.5) is 13.2 Å². The van der Waals surface area contributed by atoms with Gasteiger partial charge in [0.15, 0.2) is 0 Å². The Morgan fingerprint density at radius 2 is 1.83 bits per heavy atom. The number of aliphatic hydroxyl groups is 1. The molecule has 4 nitrogen and oxygen atoms in total. The van der Waals surface area contributed by atoms with Crippen LogP contribution in [0.2, 0.25) is 0 Å². The summed E-state index contributed by atoms with van der Waals surface area (Å²) in [5.41, 5.74) is 0.738. The molecule has 0 unspecified atom stereocenters. The van der Waals surface area contributed by atoms with E-state index in [2.05, 4.69) is 9.97 Å². The molecule has 0 aliphatic heterocycles. The van der Waals surface area contributed by atoms with E-state index in [1.165, 1.54) is 12.3 Å². The van der Waals surface area contributed by atoms with E-state index in [9.17, 15) is 18.3 Å². The maximum Gasteiger partial charge on any atom is 0.433 e. The molecule has 0 aromatic carbocycles. The topological polar surface area (TPSA) is 49.2 Å². The molecule has 2 rings (SSSR count). The summed E-state index contributed by atoms with van der Waals surface area (Å²) in [7, 11) is 0. The van der Waals surface area contributed by atoms with E-state index in [4.69, 9.17) is 0 Å². The minimum atomic E-state index is -4.44. The third-order valence-electron chi connectivity index (χ3n) is 3.81. The number of pyridine rings is 2. The van der Waals surface area contributed by atoms with Gasteiger partial charge in [-0.15, -0.1) is 0 Å². The maximum absolute atomic E-state index is 12.6. The number of rotatable bonds is 7. The second-order valence-electron chi connectivity index (χ2n) is 5.56. The van der Waals surface area contributed by atoms with Crippen molar-refractivity contribution >= 4 is 0 Å². The van der Waals surface area contributed by atoms with Crippen molar-refractivity contribution in [3.8, 4) is 0 Å². The van der Waals surface area contributed by atoms with Crippen LogP contribution in [0, 0.1) is 0 Å². The smallest absolute Gasteiger partial charge is 0.395 e. The number of nitrogens with zero attached hydrogens (tertiary/aromatic N) is 3. The molecular formula is C17H20F3N3O. The fourth-order valence-electron chi connectivity index (χ4n) is 2.46. The molecule has 0 aliphatic carbocycles. The van der Waals surface area contributed by atoms with Gasteiger partial charge in [-0.05, 0) is 29.7 Å². The third-order valence-corrected chi connectivity index (χ3v) is 3.81.